The van der Waals surface area contributed by atoms with Gasteiger partial charge in [-0.1, -0.05) is 43.6 Å². The Morgan fingerprint density at radius 2 is 1.15 bits per heavy atom. The molecule has 1 N–H and O–H groups in total. The summed E-state index contributed by atoms with van der Waals surface area (Å²) in [7, 11) is 0. The molecule has 0 radical (unpaired) electrons. The highest BCUT2D eigenvalue weighted by Gasteiger charge is 1.97. The van der Waals surface area contributed by atoms with Crippen LogP contribution in [0.3, 0.4) is 0 Å². The first-order chi connectivity index (χ1) is 13.2. The van der Waals surface area contributed by atoms with Crippen molar-refractivity contribution in [2.24, 2.45) is 0 Å². The summed E-state index contributed by atoms with van der Waals surface area (Å²) < 4.78 is 0. The SMILES string of the molecule is CC(=O)CCCC/C=C\CCCCCCC/C=C\CCCC(=O)NCC=O. The molecule has 0 unspecified atom stereocenters. The van der Waals surface area contributed by atoms with Crippen molar-refractivity contribution in [2.45, 2.75) is 96.8 Å². The van der Waals surface area contributed by atoms with E-state index in [9.17, 15) is 14.4 Å². The molecule has 4 heteroatoms. The Bertz CT molecular complexity index is 441. The molecule has 0 rings (SSSR count). The molecule has 0 fully saturated rings. The Hall–Kier alpha value is -1.71. The van der Waals surface area contributed by atoms with Crippen LogP contribution in [0.5, 0.6) is 0 Å². The second-order valence-electron chi connectivity index (χ2n) is 7.10. The van der Waals surface area contributed by atoms with E-state index in [1.807, 2.05) is 0 Å². The van der Waals surface area contributed by atoms with Crippen LogP contribution >= 0.6 is 0 Å². The van der Waals surface area contributed by atoms with E-state index in [0.717, 1.165) is 44.9 Å². The number of hydrogen-bond acceptors (Lipinski definition) is 3. The summed E-state index contributed by atoms with van der Waals surface area (Å²) in [5.41, 5.74) is 0. The molecule has 0 saturated heterocycles. The molecule has 4 nitrogen and oxygen atoms in total. The van der Waals surface area contributed by atoms with Crippen molar-refractivity contribution in [1.82, 2.24) is 5.32 Å². The molecule has 154 valence electrons. The first-order valence-electron chi connectivity index (χ1n) is 10.7. The lowest BCUT2D eigenvalue weighted by molar-refractivity contribution is -0.122. The van der Waals surface area contributed by atoms with Crippen molar-refractivity contribution in [3.8, 4) is 0 Å². The van der Waals surface area contributed by atoms with Gasteiger partial charge in [0, 0.05) is 12.8 Å². The summed E-state index contributed by atoms with van der Waals surface area (Å²) in [6, 6.07) is 0. The molecule has 0 bridgehead atoms. The molecule has 0 aromatic rings. The standard InChI is InChI=1S/C23H39NO3/c1-22(26)18-16-14-12-10-8-6-4-2-3-5-7-9-11-13-15-17-19-23(27)24-20-21-25/h8,10-11,13,21H,2-7,9,12,14-20H2,1H3,(H,24,27)/b10-8-,13-11-. The average Bonchev–Trinajstić information content (AvgIpc) is 2.65. The number of hydrogen-bond donors (Lipinski definition) is 1. The van der Waals surface area contributed by atoms with Gasteiger partial charge in [0.1, 0.15) is 12.1 Å². The van der Waals surface area contributed by atoms with Crippen LogP contribution in [0.2, 0.25) is 0 Å². The fourth-order valence-electron chi connectivity index (χ4n) is 2.79. The third kappa shape index (κ3) is 22.2. The summed E-state index contributed by atoms with van der Waals surface area (Å²) in [5, 5.41) is 2.54. The molecule has 1 amide bonds. The van der Waals surface area contributed by atoms with E-state index in [4.69, 9.17) is 0 Å². The largest absolute Gasteiger partial charge is 0.349 e. The number of unbranched alkanes of at least 4 members (excludes halogenated alkanes) is 9. The lowest BCUT2D eigenvalue weighted by atomic mass is 10.1. The maximum Gasteiger partial charge on any atom is 0.220 e. The van der Waals surface area contributed by atoms with Crippen LogP contribution < -0.4 is 5.32 Å². The number of ketones is 1. The minimum Gasteiger partial charge on any atom is -0.349 e. The van der Waals surface area contributed by atoms with Crippen molar-refractivity contribution in [2.75, 3.05) is 6.54 Å². The van der Waals surface area contributed by atoms with Crippen LogP contribution in [-0.4, -0.2) is 24.5 Å². The minimum absolute atomic E-state index is 0.0432. The summed E-state index contributed by atoms with van der Waals surface area (Å²) >= 11 is 0. The lowest BCUT2D eigenvalue weighted by Gasteiger charge is -2.00. The van der Waals surface area contributed by atoms with Gasteiger partial charge >= 0.3 is 0 Å². The average molecular weight is 378 g/mol. The van der Waals surface area contributed by atoms with Gasteiger partial charge in [-0.05, 0) is 64.7 Å². The Morgan fingerprint density at radius 3 is 1.67 bits per heavy atom. The monoisotopic (exact) mass is 377 g/mol. The van der Waals surface area contributed by atoms with Crippen molar-refractivity contribution >= 4 is 18.0 Å². The minimum atomic E-state index is -0.0432. The van der Waals surface area contributed by atoms with Crippen molar-refractivity contribution < 1.29 is 14.4 Å². The summed E-state index contributed by atoms with van der Waals surface area (Å²) in [5.74, 6) is 0.254. The van der Waals surface area contributed by atoms with Gasteiger partial charge in [0.2, 0.25) is 5.91 Å². The van der Waals surface area contributed by atoms with Gasteiger partial charge < -0.3 is 14.9 Å². The molecule has 27 heavy (non-hydrogen) atoms. The molecule has 0 spiro atoms. The number of allylic oxidation sites excluding steroid dienone is 4. The summed E-state index contributed by atoms with van der Waals surface area (Å²) in [4.78, 5) is 32.2. The highest BCUT2D eigenvalue weighted by atomic mass is 16.2. The molecule has 0 saturated carbocycles. The van der Waals surface area contributed by atoms with Gasteiger partial charge in [-0.3, -0.25) is 4.79 Å². The zero-order valence-electron chi connectivity index (χ0n) is 17.2. The Morgan fingerprint density at radius 1 is 0.667 bits per heavy atom. The number of Topliss-reactive ketones (excluding diaryl/α,β-unsaturated/α-hetero) is 1. The third-order valence-electron chi connectivity index (χ3n) is 4.38. The molecule has 0 aliphatic heterocycles. The topological polar surface area (TPSA) is 63.2 Å². The number of carbonyl (C=O) groups is 3. The Labute approximate surface area is 165 Å². The van der Waals surface area contributed by atoms with E-state index >= 15 is 0 Å². The van der Waals surface area contributed by atoms with Gasteiger partial charge in [0.25, 0.3) is 0 Å². The van der Waals surface area contributed by atoms with Gasteiger partial charge in [0.15, 0.2) is 0 Å². The smallest absolute Gasteiger partial charge is 0.220 e. The van der Waals surface area contributed by atoms with E-state index in [1.54, 1.807) is 6.92 Å². The molecule has 0 aliphatic carbocycles. The zero-order chi connectivity index (χ0) is 20.0. The second-order valence-corrected chi connectivity index (χ2v) is 7.10. The normalized spacial score (nSPS) is 11.3. The number of rotatable bonds is 19. The van der Waals surface area contributed by atoms with E-state index in [0.29, 0.717) is 18.5 Å². The van der Waals surface area contributed by atoms with E-state index in [-0.39, 0.29) is 12.5 Å². The van der Waals surface area contributed by atoms with Crippen LogP contribution in [0.15, 0.2) is 24.3 Å². The van der Waals surface area contributed by atoms with Crippen LogP contribution in [0.25, 0.3) is 0 Å². The van der Waals surface area contributed by atoms with Crippen LogP contribution in [0.1, 0.15) is 96.8 Å². The van der Waals surface area contributed by atoms with Crippen molar-refractivity contribution in [1.29, 1.82) is 0 Å². The van der Waals surface area contributed by atoms with Crippen molar-refractivity contribution in [3.63, 3.8) is 0 Å². The first-order valence-corrected chi connectivity index (χ1v) is 10.7. The molecule has 0 aliphatic rings. The molecular weight excluding hydrogens is 338 g/mol. The first kappa shape index (κ1) is 25.3. The number of aldehydes is 1. The molecule has 0 aromatic carbocycles. The molecule has 0 aromatic heterocycles. The number of amides is 1. The number of nitrogens with one attached hydrogen (secondary N) is 1. The van der Waals surface area contributed by atoms with Gasteiger partial charge in [0.05, 0.1) is 6.54 Å². The lowest BCUT2D eigenvalue weighted by Crippen LogP contribution is -2.24. The molecular formula is C23H39NO3. The Balaban J connectivity index is 3.25. The van der Waals surface area contributed by atoms with Gasteiger partial charge in [-0.25, -0.2) is 0 Å². The maximum absolute atomic E-state index is 11.3. The highest BCUT2D eigenvalue weighted by molar-refractivity contribution is 5.78. The van der Waals surface area contributed by atoms with Crippen LogP contribution in [0.4, 0.5) is 0 Å². The van der Waals surface area contributed by atoms with E-state index in [1.165, 1.54) is 38.5 Å². The third-order valence-corrected chi connectivity index (χ3v) is 4.38. The van der Waals surface area contributed by atoms with Gasteiger partial charge in [-0.2, -0.15) is 0 Å². The fourth-order valence-corrected chi connectivity index (χ4v) is 2.79. The van der Waals surface area contributed by atoms with E-state index < -0.39 is 0 Å². The predicted molar refractivity (Wildman–Crippen MR) is 113 cm³/mol. The Kier molecular flexibility index (Phi) is 19.3. The summed E-state index contributed by atoms with van der Waals surface area (Å²) in [6.07, 6.45) is 24.5. The quantitative estimate of drug-likeness (QED) is 0.185. The molecule has 0 heterocycles. The number of carbonyl (C=O) groups excluding carboxylic acids is 3. The van der Waals surface area contributed by atoms with E-state index in [2.05, 4.69) is 29.6 Å². The summed E-state index contributed by atoms with van der Waals surface area (Å²) in [6.45, 7) is 1.78. The maximum atomic E-state index is 11.3. The highest BCUT2D eigenvalue weighted by Crippen LogP contribution is 2.09. The zero-order valence-corrected chi connectivity index (χ0v) is 17.2. The predicted octanol–water partition coefficient (Wildman–Crippen LogP) is 5.46. The van der Waals surface area contributed by atoms with Gasteiger partial charge in [-0.15, -0.1) is 0 Å². The van der Waals surface area contributed by atoms with Crippen LogP contribution in [0, 0.1) is 0 Å². The fraction of sp³-hybridized carbons (Fsp3) is 0.696. The molecule has 0 atom stereocenters. The van der Waals surface area contributed by atoms with Crippen LogP contribution in [-0.2, 0) is 14.4 Å². The second kappa shape index (κ2) is 20.6. The van der Waals surface area contributed by atoms with Crippen molar-refractivity contribution in [3.05, 3.63) is 24.3 Å².